The highest BCUT2D eigenvalue weighted by Crippen LogP contribution is 2.23. The molecule has 0 aromatic heterocycles. The van der Waals surface area contributed by atoms with Crippen LogP contribution in [-0.4, -0.2) is 11.8 Å². The van der Waals surface area contributed by atoms with Crippen molar-refractivity contribution in [3.05, 3.63) is 47.5 Å². The van der Waals surface area contributed by atoms with Gasteiger partial charge in [-0.2, -0.15) is 0 Å². The van der Waals surface area contributed by atoms with Crippen molar-refractivity contribution in [3.63, 3.8) is 0 Å². The van der Waals surface area contributed by atoms with Crippen molar-refractivity contribution in [1.29, 1.82) is 0 Å². The van der Waals surface area contributed by atoms with Gasteiger partial charge >= 0.3 is 0 Å². The minimum Gasteiger partial charge on any atom is -0.369 e. The number of benzene rings is 2. The van der Waals surface area contributed by atoms with Gasteiger partial charge in [0, 0.05) is 0 Å². The lowest BCUT2D eigenvalue weighted by Crippen LogP contribution is -2.18. The second kappa shape index (κ2) is 4.87. The number of carbonyl (C=O) groups excluding carboxylic acids is 2. The minimum atomic E-state index is -0.420. The average molecular weight is 242 g/mol. The van der Waals surface area contributed by atoms with E-state index in [2.05, 4.69) is 0 Å². The molecule has 4 nitrogen and oxygen atoms in total. The molecule has 0 aliphatic rings. The van der Waals surface area contributed by atoms with Crippen LogP contribution in [0, 0.1) is 0 Å². The predicted molar refractivity (Wildman–Crippen MR) is 69.7 cm³/mol. The van der Waals surface area contributed by atoms with E-state index in [1.165, 1.54) is 0 Å². The predicted octanol–water partition coefficient (Wildman–Crippen LogP) is 0.895. The highest BCUT2D eigenvalue weighted by molar-refractivity contribution is 5.92. The normalized spacial score (nSPS) is 10.4. The lowest BCUT2D eigenvalue weighted by atomic mass is 9.94. The molecule has 4 N–H and O–H groups in total. The maximum atomic E-state index is 11.2. The number of rotatable bonds is 4. The SMILES string of the molecule is NC(=O)Cc1ccc2ccccc2c1CC(N)=O. The number of nitrogens with two attached hydrogens (primary N) is 2. The summed E-state index contributed by atoms with van der Waals surface area (Å²) >= 11 is 0. The van der Waals surface area contributed by atoms with E-state index in [0.29, 0.717) is 0 Å². The monoisotopic (exact) mass is 242 g/mol. The van der Waals surface area contributed by atoms with E-state index in [-0.39, 0.29) is 12.8 Å². The number of primary amides is 2. The number of amides is 2. The summed E-state index contributed by atoms with van der Waals surface area (Å²) in [6.45, 7) is 0. The molecule has 2 rings (SSSR count). The van der Waals surface area contributed by atoms with E-state index in [1.807, 2.05) is 36.4 Å². The molecule has 0 unspecified atom stereocenters. The van der Waals surface area contributed by atoms with Crippen LogP contribution in [0.4, 0.5) is 0 Å². The fraction of sp³-hybridized carbons (Fsp3) is 0.143. The van der Waals surface area contributed by atoms with Crippen LogP contribution in [0.3, 0.4) is 0 Å². The summed E-state index contributed by atoms with van der Waals surface area (Å²) in [7, 11) is 0. The quantitative estimate of drug-likeness (QED) is 0.834. The zero-order chi connectivity index (χ0) is 13.1. The molecule has 2 amide bonds. The summed E-state index contributed by atoms with van der Waals surface area (Å²) in [4.78, 5) is 22.2. The molecule has 0 heterocycles. The molecule has 0 fully saturated rings. The van der Waals surface area contributed by atoms with Gasteiger partial charge in [0.1, 0.15) is 0 Å². The summed E-state index contributed by atoms with van der Waals surface area (Å²) in [6, 6.07) is 11.4. The molecule has 2 aromatic carbocycles. The molecule has 0 spiro atoms. The van der Waals surface area contributed by atoms with E-state index >= 15 is 0 Å². The summed E-state index contributed by atoms with van der Waals surface area (Å²) in [5, 5.41) is 1.96. The first kappa shape index (κ1) is 12.1. The third kappa shape index (κ3) is 2.48. The van der Waals surface area contributed by atoms with Crippen molar-refractivity contribution in [2.45, 2.75) is 12.8 Å². The molecular weight excluding hydrogens is 228 g/mol. The standard InChI is InChI=1S/C14H14N2O2/c15-13(17)7-10-6-5-9-3-1-2-4-11(9)12(10)8-14(16)18/h1-6H,7-8H2,(H2,15,17)(H2,16,18). The fourth-order valence-corrected chi connectivity index (χ4v) is 2.12. The third-order valence-corrected chi connectivity index (χ3v) is 2.85. The summed E-state index contributed by atoms with van der Waals surface area (Å²) in [5.74, 6) is -0.840. The lowest BCUT2D eigenvalue weighted by Gasteiger charge is -2.10. The summed E-state index contributed by atoms with van der Waals surface area (Å²) in [5.41, 5.74) is 12.0. The highest BCUT2D eigenvalue weighted by atomic mass is 16.1. The lowest BCUT2D eigenvalue weighted by molar-refractivity contribution is -0.118. The Morgan fingerprint density at radius 3 is 2.22 bits per heavy atom. The molecule has 18 heavy (non-hydrogen) atoms. The molecule has 0 atom stereocenters. The van der Waals surface area contributed by atoms with Crippen LogP contribution < -0.4 is 11.5 Å². The molecule has 0 bridgehead atoms. The average Bonchev–Trinajstić information content (AvgIpc) is 2.31. The van der Waals surface area contributed by atoms with Crippen molar-refractivity contribution in [2.24, 2.45) is 11.5 Å². The van der Waals surface area contributed by atoms with Crippen molar-refractivity contribution < 1.29 is 9.59 Å². The zero-order valence-corrected chi connectivity index (χ0v) is 9.85. The molecule has 92 valence electrons. The number of hydrogen-bond donors (Lipinski definition) is 2. The molecule has 2 aromatic rings. The molecule has 0 saturated heterocycles. The first-order valence-electron chi connectivity index (χ1n) is 5.64. The topological polar surface area (TPSA) is 86.2 Å². The van der Waals surface area contributed by atoms with Crippen molar-refractivity contribution in [1.82, 2.24) is 0 Å². The van der Waals surface area contributed by atoms with Crippen LogP contribution in [0.15, 0.2) is 36.4 Å². The molecule has 0 saturated carbocycles. The Hall–Kier alpha value is -2.36. The smallest absolute Gasteiger partial charge is 0.221 e. The zero-order valence-electron chi connectivity index (χ0n) is 9.85. The van der Waals surface area contributed by atoms with Crippen LogP contribution >= 0.6 is 0 Å². The Bertz CT molecular complexity index is 620. The summed E-state index contributed by atoms with van der Waals surface area (Å²) < 4.78 is 0. The van der Waals surface area contributed by atoms with Crippen LogP contribution in [0.1, 0.15) is 11.1 Å². The summed E-state index contributed by atoms with van der Waals surface area (Å²) in [6.07, 6.45) is 0.234. The van der Waals surface area contributed by atoms with Crippen molar-refractivity contribution >= 4 is 22.6 Å². The van der Waals surface area contributed by atoms with Crippen LogP contribution in [-0.2, 0) is 22.4 Å². The van der Waals surface area contributed by atoms with E-state index in [4.69, 9.17) is 11.5 Å². The largest absolute Gasteiger partial charge is 0.369 e. The minimum absolute atomic E-state index is 0.115. The molecule has 0 aliphatic carbocycles. The molecule has 0 radical (unpaired) electrons. The molecule has 0 aliphatic heterocycles. The van der Waals surface area contributed by atoms with Gasteiger partial charge in [-0.15, -0.1) is 0 Å². The van der Waals surface area contributed by atoms with Crippen molar-refractivity contribution in [3.8, 4) is 0 Å². The Morgan fingerprint density at radius 1 is 0.889 bits per heavy atom. The number of carbonyl (C=O) groups is 2. The van der Waals surface area contributed by atoms with E-state index in [0.717, 1.165) is 21.9 Å². The van der Waals surface area contributed by atoms with Crippen molar-refractivity contribution in [2.75, 3.05) is 0 Å². The van der Waals surface area contributed by atoms with Crippen LogP contribution in [0.2, 0.25) is 0 Å². The van der Waals surface area contributed by atoms with E-state index in [1.54, 1.807) is 0 Å². The van der Waals surface area contributed by atoms with Gasteiger partial charge in [0.25, 0.3) is 0 Å². The highest BCUT2D eigenvalue weighted by Gasteiger charge is 2.11. The van der Waals surface area contributed by atoms with E-state index in [9.17, 15) is 9.59 Å². The van der Waals surface area contributed by atoms with Gasteiger partial charge in [-0.05, 0) is 21.9 Å². The fourth-order valence-electron chi connectivity index (χ4n) is 2.12. The van der Waals surface area contributed by atoms with Gasteiger partial charge in [-0.3, -0.25) is 9.59 Å². The van der Waals surface area contributed by atoms with Gasteiger partial charge in [0.05, 0.1) is 12.8 Å². The van der Waals surface area contributed by atoms with Gasteiger partial charge in [0.2, 0.25) is 11.8 Å². The van der Waals surface area contributed by atoms with Crippen LogP contribution in [0.25, 0.3) is 10.8 Å². The Kier molecular flexibility index (Phi) is 3.28. The molecular formula is C14H14N2O2. The maximum Gasteiger partial charge on any atom is 0.221 e. The van der Waals surface area contributed by atoms with Crippen LogP contribution in [0.5, 0.6) is 0 Å². The van der Waals surface area contributed by atoms with Gasteiger partial charge in [-0.1, -0.05) is 36.4 Å². The van der Waals surface area contributed by atoms with Gasteiger partial charge in [-0.25, -0.2) is 0 Å². The van der Waals surface area contributed by atoms with E-state index < -0.39 is 11.8 Å². The second-order valence-electron chi connectivity index (χ2n) is 4.21. The van der Waals surface area contributed by atoms with Gasteiger partial charge < -0.3 is 11.5 Å². The first-order chi connectivity index (χ1) is 8.58. The Labute approximate surface area is 105 Å². The number of fused-ring (bicyclic) bond motifs is 1. The third-order valence-electron chi connectivity index (χ3n) is 2.85. The maximum absolute atomic E-state index is 11.2. The molecule has 4 heteroatoms. The van der Waals surface area contributed by atoms with Gasteiger partial charge in [0.15, 0.2) is 0 Å². The second-order valence-corrected chi connectivity index (χ2v) is 4.21. The Morgan fingerprint density at radius 2 is 1.56 bits per heavy atom. The number of hydrogen-bond acceptors (Lipinski definition) is 2. The Balaban J connectivity index is 2.62. The first-order valence-corrected chi connectivity index (χ1v) is 5.64.